The average molecular weight is 247 g/mol. The standard InChI is InChI=1S/C13H13NO2S/c1-9-2-3-11(6-12(9)15)13(16)14-7-10-4-5-17-8-10/h2-6,8,15H,7H2,1H3,(H,14,16). The number of carbonyl (C=O) groups excluding carboxylic acids is 1. The number of aromatic hydroxyl groups is 1. The summed E-state index contributed by atoms with van der Waals surface area (Å²) < 4.78 is 0. The number of phenols is 1. The Balaban J connectivity index is 2.02. The number of phenolic OH excluding ortho intramolecular Hbond substituents is 1. The lowest BCUT2D eigenvalue weighted by atomic mass is 10.1. The van der Waals surface area contributed by atoms with E-state index in [9.17, 15) is 9.90 Å². The number of thiophene rings is 1. The normalized spacial score (nSPS) is 10.2. The summed E-state index contributed by atoms with van der Waals surface area (Å²) in [7, 11) is 0. The molecule has 2 aromatic rings. The molecule has 17 heavy (non-hydrogen) atoms. The molecule has 2 N–H and O–H groups in total. The Morgan fingerprint density at radius 2 is 2.24 bits per heavy atom. The monoisotopic (exact) mass is 247 g/mol. The Labute approximate surface area is 104 Å². The molecule has 88 valence electrons. The maximum atomic E-state index is 11.8. The van der Waals surface area contributed by atoms with Crippen LogP contribution in [0.5, 0.6) is 5.75 Å². The van der Waals surface area contributed by atoms with Crippen LogP contribution in [0.2, 0.25) is 0 Å². The number of hydrogen-bond acceptors (Lipinski definition) is 3. The third kappa shape index (κ3) is 2.85. The second kappa shape index (κ2) is 5.01. The molecule has 1 aromatic heterocycles. The van der Waals surface area contributed by atoms with Crippen molar-refractivity contribution in [2.45, 2.75) is 13.5 Å². The van der Waals surface area contributed by atoms with E-state index >= 15 is 0 Å². The molecule has 0 aliphatic rings. The highest BCUT2D eigenvalue weighted by Gasteiger charge is 2.07. The van der Waals surface area contributed by atoms with Crippen molar-refractivity contribution < 1.29 is 9.90 Å². The van der Waals surface area contributed by atoms with Gasteiger partial charge in [0.15, 0.2) is 0 Å². The molecule has 0 fully saturated rings. The van der Waals surface area contributed by atoms with Gasteiger partial charge in [0.1, 0.15) is 5.75 Å². The third-order valence-electron chi connectivity index (χ3n) is 2.50. The third-order valence-corrected chi connectivity index (χ3v) is 3.24. The van der Waals surface area contributed by atoms with Gasteiger partial charge in [0.25, 0.3) is 5.91 Å². The zero-order valence-electron chi connectivity index (χ0n) is 9.43. The number of aryl methyl sites for hydroxylation is 1. The molecular weight excluding hydrogens is 234 g/mol. The van der Waals surface area contributed by atoms with Gasteiger partial charge in [-0.05, 0) is 47.0 Å². The van der Waals surface area contributed by atoms with Gasteiger partial charge >= 0.3 is 0 Å². The molecule has 0 bridgehead atoms. The van der Waals surface area contributed by atoms with Gasteiger partial charge in [-0.15, -0.1) is 0 Å². The van der Waals surface area contributed by atoms with Gasteiger partial charge in [-0.25, -0.2) is 0 Å². The van der Waals surface area contributed by atoms with Crippen LogP contribution in [0, 0.1) is 6.92 Å². The van der Waals surface area contributed by atoms with E-state index < -0.39 is 0 Å². The Morgan fingerprint density at radius 3 is 2.88 bits per heavy atom. The molecule has 1 heterocycles. The van der Waals surface area contributed by atoms with Crippen LogP contribution in [-0.2, 0) is 6.54 Å². The minimum atomic E-state index is -0.175. The van der Waals surface area contributed by atoms with Crippen molar-refractivity contribution in [3.63, 3.8) is 0 Å². The first-order chi connectivity index (χ1) is 8.16. The molecule has 0 atom stereocenters. The fraction of sp³-hybridized carbons (Fsp3) is 0.154. The summed E-state index contributed by atoms with van der Waals surface area (Å²) in [5, 5.41) is 16.3. The fourth-order valence-electron chi connectivity index (χ4n) is 1.43. The molecule has 0 aliphatic heterocycles. The molecule has 0 unspecified atom stereocenters. The van der Waals surface area contributed by atoms with Crippen molar-refractivity contribution in [2.24, 2.45) is 0 Å². The first-order valence-electron chi connectivity index (χ1n) is 5.25. The van der Waals surface area contributed by atoms with E-state index in [0.717, 1.165) is 11.1 Å². The van der Waals surface area contributed by atoms with E-state index in [1.807, 2.05) is 16.8 Å². The van der Waals surface area contributed by atoms with Crippen molar-refractivity contribution in [1.82, 2.24) is 5.32 Å². The molecule has 0 spiro atoms. The number of benzene rings is 1. The van der Waals surface area contributed by atoms with Crippen LogP contribution in [0.3, 0.4) is 0 Å². The fourth-order valence-corrected chi connectivity index (χ4v) is 2.10. The van der Waals surface area contributed by atoms with Crippen molar-refractivity contribution in [2.75, 3.05) is 0 Å². The van der Waals surface area contributed by atoms with Gasteiger partial charge in [-0.3, -0.25) is 4.79 Å². The maximum Gasteiger partial charge on any atom is 0.251 e. The highest BCUT2D eigenvalue weighted by atomic mass is 32.1. The Kier molecular flexibility index (Phi) is 3.44. The zero-order chi connectivity index (χ0) is 12.3. The number of hydrogen-bond donors (Lipinski definition) is 2. The van der Waals surface area contributed by atoms with Gasteiger partial charge in [-0.1, -0.05) is 6.07 Å². The van der Waals surface area contributed by atoms with Gasteiger partial charge in [0.05, 0.1) is 0 Å². The Hall–Kier alpha value is -1.81. The largest absolute Gasteiger partial charge is 0.508 e. The second-order valence-corrected chi connectivity index (χ2v) is 4.60. The molecule has 3 nitrogen and oxygen atoms in total. The lowest BCUT2D eigenvalue weighted by molar-refractivity contribution is 0.0950. The Bertz CT molecular complexity index is 520. The second-order valence-electron chi connectivity index (χ2n) is 3.82. The van der Waals surface area contributed by atoms with Crippen molar-refractivity contribution in [3.8, 4) is 5.75 Å². The van der Waals surface area contributed by atoms with Crippen molar-refractivity contribution in [3.05, 3.63) is 51.7 Å². The van der Waals surface area contributed by atoms with Crippen LogP contribution < -0.4 is 5.32 Å². The summed E-state index contributed by atoms with van der Waals surface area (Å²) in [5.41, 5.74) is 2.32. The zero-order valence-corrected chi connectivity index (χ0v) is 10.3. The summed E-state index contributed by atoms with van der Waals surface area (Å²) in [6, 6.07) is 6.89. The first kappa shape index (κ1) is 11.7. The summed E-state index contributed by atoms with van der Waals surface area (Å²) >= 11 is 1.60. The summed E-state index contributed by atoms with van der Waals surface area (Å²) in [5.74, 6) is -0.0281. The van der Waals surface area contributed by atoms with E-state index in [1.165, 1.54) is 6.07 Å². The SMILES string of the molecule is Cc1ccc(C(=O)NCc2ccsc2)cc1O. The maximum absolute atomic E-state index is 11.8. The summed E-state index contributed by atoms with van der Waals surface area (Å²) in [6.45, 7) is 2.30. The molecule has 1 aromatic carbocycles. The van der Waals surface area contributed by atoms with Crippen LogP contribution >= 0.6 is 11.3 Å². The van der Waals surface area contributed by atoms with Gasteiger partial charge in [-0.2, -0.15) is 11.3 Å². The number of rotatable bonds is 3. The van der Waals surface area contributed by atoms with E-state index in [-0.39, 0.29) is 11.7 Å². The molecule has 0 saturated heterocycles. The molecule has 0 saturated carbocycles. The summed E-state index contributed by atoms with van der Waals surface area (Å²) in [4.78, 5) is 11.8. The van der Waals surface area contributed by atoms with E-state index in [1.54, 1.807) is 30.4 Å². The van der Waals surface area contributed by atoms with Gasteiger partial charge < -0.3 is 10.4 Å². The van der Waals surface area contributed by atoms with Crippen molar-refractivity contribution in [1.29, 1.82) is 0 Å². The molecule has 1 amide bonds. The van der Waals surface area contributed by atoms with Crippen molar-refractivity contribution >= 4 is 17.2 Å². The van der Waals surface area contributed by atoms with E-state index in [4.69, 9.17) is 0 Å². The van der Waals surface area contributed by atoms with E-state index in [2.05, 4.69) is 5.32 Å². The van der Waals surface area contributed by atoms with Crippen LogP contribution in [0.4, 0.5) is 0 Å². The summed E-state index contributed by atoms with van der Waals surface area (Å²) in [6.07, 6.45) is 0. The highest BCUT2D eigenvalue weighted by Crippen LogP contribution is 2.17. The lowest BCUT2D eigenvalue weighted by Gasteiger charge is -2.05. The molecule has 0 aliphatic carbocycles. The highest BCUT2D eigenvalue weighted by molar-refractivity contribution is 7.07. The first-order valence-corrected chi connectivity index (χ1v) is 6.20. The van der Waals surface area contributed by atoms with Crippen LogP contribution in [0.25, 0.3) is 0 Å². The number of nitrogens with one attached hydrogen (secondary N) is 1. The molecule has 2 rings (SSSR count). The van der Waals surface area contributed by atoms with Gasteiger partial charge in [0.2, 0.25) is 0 Å². The Morgan fingerprint density at radius 1 is 1.41 bits per heavy atom. The van der Waals surface area contributed by atoms with Crippen LogP contribution in [0.1, 0.15) is 21.5 Å². The van der Waals surface area contributed by atoms with Gasteiger partial charge in [0, 0.05) is 12.1 Å². The smallest absolute Gasteiger partial charge is 0.251 e. The average Bonchev–Trinajstić information content (AvgIpc) is 2.82. The number of amides is 1. The topological polar surface area (TPSA) is 49.3 Å². The molecule has 0 radical (unpaired) electrons. The minimum Gasteiger partial charge on any atom is -0.508 e. The number of carbonyl (C=O) groups is 1. The molecular formula is C13H13NO2S. The predicted octanol–water partition coefficient (Wildman–Crippen LogP) is 2.69. The molecule has 4 heteroatoms. The quantitative estimate of drug-likeness (QED) is 0.876. The van der Waals surface area contributed by atoms with Crippen LogP contribution in [0.15, 0.2) is 35.0 Å². The minimum absolute atomic E-state index is 0.146. The van der Waals surface area contributed by atoms with E-state index in [0.29, 0.717) is 12.1 Å². The predicted molar refractivity (Wildman–Crippen MR) is 68.3 cm³/mol. The lowest BCUT2D eigenvalue weighted by Crippen LogP contribution is -2.22. The van der Waals surface area contributed by atoms with Crippen LogP contribution in [-0.4, -0.2) is 11.0 Å².